The molecule has 1 aromatic heterocycles. The molecule has 6 heteroatoms. The van der Waals surface area contributed by atoms with Crippen LogP contribution in [-0.2, 0) is 0 Å². The Balaban J connectivity index is 2.17. The van der Waals surface area contributed by atoms with Gasteiger partial charge >= 0.3 is 0 Å². The monoisotopic (exact) mass is 319 g/mol. The van der Waals surface area contributed by atoms with Crippen LogP contribution in [0.4, 0.5) is 17.5 Å². The second-order valence-electron chi connectivity index (χ2n) is 5.41. The Kier molecular flexibility index (Phi) is 5.98. The minimum atomic E-state index is 0.276. The van der Waals surface area contributed by atoms with Crippen molar-refractivity contribution in [2.24, 2.45) is 0 Å². The zero-order valence-electron chi connectivity index (χ0n) is 13.0. The highest BCUT2D eigenvalue weighted by Gasteiger charge is 2.11. The zero-order chi connectivity index (χ0) is 15.9. The van der Waals surface area contributed by atoms with Crippen molar-refractivity contribution in [2.45, 2.75) is 12.8 Å². The standard InChI is InChI=1S/C16H22ClN5/c1-21(2)10-3-4-11-22(14-7-5-6-13(17)12-14)15-8-9-19-16(18)20-15/h5-9,12H,3-4,10-11H2,1-2H3,(H2,18,19,20). The molecular weight excluding hydrogens is 298 g/mol. The summed E-state index contributed by atoms with van der Waals surface area (Å²) in [5.41, 5.74) is 6.73. The Morgan fingerprint density at radius 3 is 2.59 bits per heavy atom. The second-order valence-corrected chi connectivity index (χ2v) is 5.85. The third-order valence-electron chi connectivity index (χ3n) is 3.29. The molecule has 0 radical (unpaired) electrons. The Hall–Kier alpha value is -1.85. The Morgan fingerprint density at radius 1 is 1.14 bits per heavy atom. The summed E-state index contributed by atoms with van der Waals surface area (Å²) in [6.07, 6.45) is 3.84. The van der Waals surface area contributed by atoms with Crippen molar-refractivity contribution < 1.29 is 0 Å². The third-order valence-corrected chi connectivity index (χ3v) is 3.53. The van der Waals surface area contributed by atoms with Gasteiger partial charge in [-0.2, -0.15) is 4.98 Å². The first-order valence-corrected chi connectivity index (χ1v) is 7.70. The molecular formula is C16H22ClN5. The summed E-state index contributed by atoms with van der Waals surface area (Å²) in [6, 6.07) is 9.63. The molecule has 0 aliphatic carbocycles. The summed E-state index contributed by atoms with van der Waals surface area (Å²) in [5.74, 6) is 1.07. The normalized spacial score (nSPS) is 10.9. The first-order chi connectivity index (χ1) is 10.6. The molecule has 0 aliphatic heterocycles. The van der Waals surface area contributed by atoms with Crippen molar-refractivity contribution >= 4 is 29.1 Å². The average molecular weight is 320 g/mol. The molecule has 22 heavy (non-hydrogen) atoms. The number of rotatable bonds is 7. The molecule has 5 nitrogen and oxygen atoms in total. The molecule has 0 fully saturated rings. The number of nitrogens with zero attached hydrogens (tertiary/aromatic N) is 4. The Labute approximate surface area is 136 Å². The highest BCUT2D eigenvalue weighted by molar-refractivity contribution is 6.30. The fourth-order valence-corrected chi connectivity index (χ4v) is 2.42. The maximum absolute atomic E-state index is 6.12. The molecule has 1 aromatic carbocycles. The van der Waals surface area contributed by atoms with Crippen LogP contribution >= 0.6 is 11.6 Å². The summed E-state index contributed by atoms with van der Waals surface area (Å²) in [7, 11) is 4.17. The Bertz CT molecular complexity index is 557. The van der Waals surface area contributed by atoms with Gasteiger partial charge in [-0.3, -0.25) is 0 Å². The predicted octanol–water partition coefficient (Wildman–Crippen LogP) is 3.19. The lowest BCUT2D eigenvalue weighted by atomic mass is 10.2. The maximum Gasteiger partial charge on any atom is 0.221 e. The molecule has 2 aromatic rings. The number of nitrogen functional groups attached to an aromatic ring is 1. The van der Waals surface area contributed by atoms with E-state index in [4.69, 9.17) is 17.3 Å². The predicted molar refractivity (Wildman–Crippen MR) is 92.7 cm³/mol. The summed E-state index contributed by atoms with van der Waals surface area (Å²) in [6.45, 7) is 1.92. The summed E-state index contributed by atoms with van der Waals surface area (Å²) >= 11 is 6.12. The van der Waals surface area contributed by atoms with Gasteiger partial charge in [-0.1, -0.05) is 17.7 Å². The van der Waals surface area contributed by atoms with E-state index in [-0.39, 0.29) is 5.95 Å². The van der Waals surface area contributed by atoms with E-state index in [1.807, 2.05) is 30.3 Å². The number of unbranched alkanes of at least 4 members (excludes halogenated alkanes) is 1. The average Bonchev–Trinajstić information content (AvgIpc) is 2.47. The number of nitrogens with two attached hydrogens (primary N) is 1. The van der Waals surface area contributed by atoms with E-state index in [2.05, 4.69) is 33.9 Å². The van der Waals surface area contributed by atoms with Crippen LogP contribution in [0.15, 0.2) is 36.5 Å². The zero-order valence-corrected chi connectivity index (χ0v) is 13.8. The molecule has 0 atom stereocenters. The van der Waals surface area contributed by atoms with Crippen molar-refractivity contribution in [2.75, 3.05) is 37.8 Å². The number of hydrogen-bond acceptors (Lipinski definition) is 5. The number of benzene rings is 1. The smallest absolute Gasteiger partial charge is 0.221 e. The molecule has 0 bridgehead atoms. The van der Waals surface area contributed by atoms with Crippen LogP contribution < -0.4 is 10.6 Å². The fourth-order valence-electron chi connectivity index (χ4n) is 2.23. The largest absolute Gasteiger partial charge is 0.368 e. The fraction of sp³-hybridized carbons (Fsp3) is 0.375. The molecule has 0 saturated carbocycles. The number of hydrogen-bond donors (Lipinski definition) is 1. The van der Waals surface area contributed by atoms with Crippen molar-refractivity contribution in [3.63, 3.8) is 0 Å². The van der Waals surface area contributed by atoms with Gasteiger partial charge in [0, 0.05) is 23.5 Å². The molecule has 0 saturated heterocycles. The van der Waals surface area contributed by atoms with Gasteiger partial charge in [-0.05, 0) is 57.7 Å². The molecule has 0 spiro atoms. The molecule has 1 heterocycles. The molecule has 0 unspecified atom stereocenters. The van der Waals surface area contributed by atoms with Crippen LogP contribution in [0.1, 0.15) is 12.8 Å². The number of aromatic nitrogens is 2. The number of halogens is 1. The second kappa shape index (κ2) is 7.96. The summed E-state index contributed by atoms with van der Waals surface area (Å²) in [5, 5.41) is 0.706. The van der Waals surface area contributed by atoms with Gasteiger partial charge in [0.1, 0.15) is 5.82 Å². The van der Waals surface area contributed by atoms with Gasteiger partial charge < -0.3 is 15.5 Å². The van der Waals surface area contributed by atoms with Crippen molar-refractivity contribution in [1.82, 2.24) is 14.9 Å². The van der Waals surface area contributed by atoms with Crippen LogP contribution in [0.5, 0.6) is 0 Å². The lowest BCUT2D eigenvalue weighted by Gasteiger charge is -2.24. The lowest BCUT2D eigenvalue weighted by molar-refractivity contribution is 0.395. The van der Waals surface area contributed by atoms with E-state index in [0.717, 1.165) is 37.4 Å². The Morgan fingerprint density at radius 2 is 1.91 bits per heavy atom. The summed E-state index contributed by atoms with van der Waals surface area (Å²) in [4.78, 5) is 12.6. The van der Waals surface area contributed by atoms with Gasteiger partial charge in [0.25, 0.3) is 0 Å². The van der Waals surface area contributed by atoms with Crippen LogP contribution in [0, 0.1) is 0 Å². The van der Waals surface area contributed by atoms with Crippen molar-refractivity contribution in [1.29, 1.82) is 0 Å². The summed E-state index contributed by atoms with van der Waals surface area (Å²) < 4.78 is 0. The van der Waals surface area contributed by atoms with E-state index >= 15 is 0 Å². The van der Waals surface area contributed by atoms with E-state index in [1.54, 1.807) is 6.20 Å². The van der Waals surface area contributed by atoms with Crippen LogP contribution in [0.25, 0.3) is 0 Å². The van der Waals surface area contributed by atoms with Gasteiger partial charge in [-0.15, -0.1) is 0 Å². The number of anilines is 3. The van der Waals surface area contributed by atoms with Crippen molar-refractivity contribution in [3.05, 3.63) is 41.6 Å². The third kappa shape index (κ3) is 4.86. The maximum atomic E-state index is 6.12. The molecule has 118 valence electrons. The highest BCUT2D eigenvalue weighted by atomic mass is 35.5. The van der Waals surface area contributed by atoms with E-state index in [0.29, 0.717) is 5.02 Å². The van der Waals surface area contributed by atoms with Crippen LogP contribution in [-0.4, -0.2) is 42.1 Å². The molecule has 2 N–H and O–H groups in total. The van der Waals surface area contributed by atoms with Gasteiger partial charge in [0.15, 0.2) is 0 Å². The lowest BCUT2D eigenvalue weighted by Crippen LogP contribution is -2.21. The SMILES string of the molecule is CN(C)CCCCN(c1cccc(Cl)c1)c1ccnc(N)n1. The minimum Gasteiger partial charge on any atom is -0.368 e. The van der Waals surface area contributed by atoms with Gasteiger partial charge in [-0.25, -0.2) is 4.98 Å². The van der Waals surface area contributed by atoms with Crippen molar-refractivity contribution in [3.8, 4) is 0 Å². The van der Waals surface area contributed by atoms with Crippen LogP contribution in [0.3, 0.4) is 0 Å². The quantitative estimate of drug-likeness (QED) is 0.794. The minimum absolute atomic E-state index is 0.276. The van der Waals surface area contributed by atoms with Gasteiger partial charge in [0.2, 0.25) is 5.95 Å². The first-order valence-electron chi connectivity index (χ1n) is 7.32. The molecule has 0 amide bonds. The topological polar surface area (TPSA) is 58.3 Å². The van der Waals surface area contributed by atoms with Crippen LogP contribution in [0.2, 0.25) is 5.02 Å². The van der Waals surface area contributed by atoms with E-state index < -0.39 is 0 Å². The molecule has 2 rings (SSSR count). The van der Waals surface area contributed by atoms with Gasteiger partial charge in [0.05, 0.1) is 0 Å². The molecule has 0 aliphatic rings. The van der Waals surface area contributed by atoms with E-state index in [1.165, 1.54) is 0 Å². The van der Waals surface area contributed by atoms with E-state index in [9.17, 15) is 0 Å². The highest BCUT2D eigenvalue weighted by Crippen LogP contribution is 2.26. The first kappa shape index (κ1) is 16.5.